The van der Waals surface area contributed by atoms with Crippen molar-refractivity contribution in [3.8, 4) is 0 Å². The zero-order valence-electron chi connectivity index (χ0n) is 10.5. The normalized spacial score (nSPS) is 24.1. The molecule has 94 valence electrons. The first-order valence-corrected chi connectivity index (χ1v) is 6.95. The van der Waals surface area contributed by atoms with Crippen molar-refractivity contribution < 1.29 is 9.90 Å². The molecule has 1 aromatic heterocycles. The lowest BCUT2D eigenvalue weighted by molar-refractivity contribution is -0.143. The molecule has 1 N–H and O–H groups in total. The molecule has 17 heavy (non-hydrogen) atoms. The number of carbonyl (C=O) groups is 1. The van der Waals surface area contributed by atoms with Crippen molar-refractivity contribution in [1.29, 1.82) is 0 Å². The third-order valence-corrected chi connectivity index (χ3v) is 4.96. The van der Waals surface area contributed by atoms with Gasteiger partial charge in [-0.1, -0.05) is 6.92 Å². The van der Waals surface area contributed by atoms with E-state index in [2.05, 4.69) is 23.3 Å². The molecule has 0 radical (unpaired) electrons. The highest BCUT2D eigenvalue weighted by molar-refractivity contribution is 7.10. The van der Waals surface area contributed by atoms with Crippen molar-refractivity contribution in [3.63, 3.8) is 0 Å². The lowest BCUT2D eigenvalue weighted by Gasteiger charge is -2.39. The molecule has 0 saturated heterocycles. The molecule has 0 amide bonds. The number of carboxylic acid groups (broad SMARTS) is 1. The van der Waals surface area contributed by atoms with Gasteiger partial charge in [-0.05, 0) is 37.3 Å². The summed E-state index contributed by atoms with van der Waals surface area (Å²) in [6.45, 7) is 6.96. The van der Waals surface area contributed by atoms with E-state index in [0.29, 0.717) is 6.04 Å². The Kier molecular flexibility index (Phi) is 3.54. The van der Waals surface area contributed by atoms with Gasteiger partial charge in [-0.15, -0.1) is 11.3 Å². The fourth-order valence-electron chi connectivity index (χ4n) is 2.58. The summed E-state index contributed by atoms with van der Waals surface area (Å²) in [5.41, 5.74) is 1.38. The Hall–Kier alpha value is -0.870. The summed E-state index contributed by atoms with van der Waals surface area (Å²) in [5.74, 6) is -1.03. The van der Waals surface area contributed by atoms with Gasteiger partial charge in [0, 0.05) is 23.5 Å². The van der Waals surface area contributed by atoms with Gasteiger partial charge in [0.15, 0.2) is 0 Å². The average Bonchev–Trinajstić information content (AvgIpc) is 2.76. The van der Waals surface area contributed by atoms with Crippen molar-refractivity contribution in [1.82, 2.24) is 4.90 Å². The van der Waals surface area contributed by atoms with Crippen LogP contribution < -0.4 is 0 Å². The molecular formula is C13H19NO2S. The first-order valence-electron chi connectivity index (χ1n) is 6.07. The van der Waals surface area contributed by atoms with Crippen LogP contribution in [0.4, 0.5) is 0 Å². The number of hydrogen-bond acceptors (Lipinski definition) is 3. The van der Waals surface area contributed by atoms with Crippen molar-refractivity contribution in [2.24, 2.45) is 5.92 Å². The summed E-state index contributed by atoms with van der Waals surface area (Å²) in [4.78, 5) is 14.8. The Morgan fingerprint density at radius 1 is 1.59 bits per heavy atom. The van der Waals surface area contributed by atoms with Crippen molar-refractivity contribution in [2.45, 2.75) is 39.3 Å². The van der Waals surface area contributed by atoms with Crippen LogP contribution in [0.25, 0.3) is 0 Å². The highest BCUT2D eigenvalue weighted by atomic mass is 32.1. The minimum Gasteiger partial charge on any atom is -0.481 e. The van der Waals surface area contributed by atoms with Crippen LogP contribution in [0.5, 0.6) is 0 Å². The van der Waals surface area contributed by atoms with Gasteiger partial charge in [-0.25, -0.2) is 0 Å². The van der Waals surface area contributed by atoms with E-state index in [4.69, 9.17) is 5.11 Å². The molecule has 3 unspecified atom stereocenters. The van der Waals surface area contributed by atoms with Gasteiger partial charge in [0.2, 0.25) is 0 Å². The van der Waals surface area contributed by atoms with Crippen LogP contribution in [-0.2, 0) is 11.2 Å². The Balaban J connectivity index is 2.17. The summed E-state index contributed by atoms with van der Waals surface area (Å²) in [7, 11) is 0. The summed E-state index contributed by atoms with van der Waals surface area (Å²) >= 11 is 1.81. The van der Waals surface area contributed by atoms with Crippen molar-refractivity contribution >= 4 is 17.3 Å². The predicted octanol–water partition coefficient (Wildman–Crippen LogP) is 2.78. The molecule has 3 atom stereocenters. The van der Waals surface area contributed by atoms with E-state index >= 15 is 0 Å². The molecule has 2 rings (SSSR count). The van der Waals surface area contributed by atoms with Gasteiger partial charge in [-0.3, -0.25) is 9.69 Å². The van der Waals surface area contributed by atoms with Crippen LogP contribution in [-0.4, -0.2) is 28.6 Å². The molecule has 3 nitrogen and oxygen atoms in total. The quantitative estimate of drug-likeness (QED) is 0.900. The average molecular weight is 253 g/mol. The molecular weight excluding hydrogens is 234 g/mol. The molecule has 1 aliphatic rings. The second kappa shape index (κ2) is 4.78. The molecule has 0 bridgehead atoms. The topological polar surface area (TPSA) is 40.5 Å². The van der Waals surface area contributed by atoms with Gasteiger partial charge in [0.1, 0.15) is 0 Å². The molecule has 0 spiro atoms. The van der Waals surface area contributed by atoms with E-state index in [1.807, 2.05) is 18.3 Å². The molecule has 0 aromatic carbocycles. The smallest absolute Gasteiger partial charge is 0.307 e. The van der Waals surface area contributed by atoms with Crippen LogP contribution in [0.1, 0.15) is 37.3 Å². The highest BCUT2D eigenvalue weighted by Crippen LogP contribution is 2.35. The summed E-state index contributed by atoms with van der Waals surface area (Å²) in [5, 5.41) is 11.2. The number of rotatable bonds is 3. The van der Waals surface area contributed by atoms with E-state index in [9.17, 15) is 4.79 Å². The Bertz CT molecular complexity index is 415. The number of nitrogens with zero attached hydrogens (tertiary/aromatic N) is 1. The van der Waals surface area contributed by atoms with Gasteiger partial charge in [-0.2, -0.15) is 0 Å². The van der Waals surface area contributed by atoms with Crippen LogP contribution >= 0.6 is 11.3 Å². The van der Waals surface area contributed by atoms with E-state index in [1.165, 1.54) is 10.4 Å². The molecule has 1 aromatic rings. The third kappa shape index (κ3) is 2.24. The zero-order valence-corrected chi connectivity index (χ0v) is 11.3. The Labute approximate surface area is 106 Å². The number of fused-ring (bicyclic) bond motifs is 1. The summed E-state index contributed by atoms with van der Waals surface area (Å²) in [6.07, 6.45) is 1.05. The van der Waals surface area contributed by atoms with E-state index in [0.717, 1.165) is 13.0 Å². The van der Waals surface area contributed by atoms with E-state index in [-0.39, 0.29) is 12.0 Å². The van der Waals surface area contributed by atoms with Crippen LogP contribution in [0, 0.1) is 5.92 Å². The first kappa shape index (κ1) is 12.6. The third-order valence-electron chi connectivity index (χ3n) is 3.96. The number of aliphatic carboxylic acids is 1. The molecule has 0 fully saturated rings. The highest BCUT2D eigenvalue weighted by Gasteiger charge is 2.32. The van der Waals surface area contributed by atoms with Crippen molar-refractivity contribution in [3.05, 3.63) is 21.9 Å². The maximum atomic E-state index is 11.1. The van der Waals surface area contributed by atoms with E-state index < -0.39 is 5.97 Å². The number of hydrogen-bond donors (Lipinski definition) is 1. The number of carboxylic acids is 1. The minimum atomic E-state index is -0.708. The minimum absolute atomic E-state index is 0.0792. The van der Waals surface area contributed by atoms with Gasteiger partial charge < -0.3 is 5.11 Å². The van der Waals surface area contributed by atoms with Gasteiger partial charge in [0.25, 0.3) is 0 Å². The standard InChI is InChI=1S/C13H19NO2S/c1-8(13(15)16)9(2)14-6-4-12-11(10(14)3)5-7-17-12/h5,7-10H,4,6H2,1-3H3,(H,15,16). The lowest BCUT2D eigenvalue weighted by atomic mass is 9.94. The van der Waals surface area contributed by atoms with Crippen molar-refractivity contribution in [2.75, 3.05) is 6.54 Å². The SMILES string of the molecule is CC(C(=O)O)C(C)N1CCc2sccc2C1C. The monoisotopic (exact) mass is 253 g/mol. The largest absolute Gasteiger partial charge is 0.481 e. The Morgan fingerprint density at radius 2 is 2.29 bits per heavy atom. The van der Waals surface area contributed by atoms with E-state index in [1.54, 1.807) is 6.92 Å². The molecule has 2 heterocycles. The fraction of sp³-hybridized carbons (Fsp3) is 0.615. The predicted molar refractivity (Wildman–Crippen MR) is 69.4 cm³/mol. The Morgan fingerprint density at radius 3 is 2.94 bits per heavy atom. The fourth-order valence-corrected chi connectivity index (χ4v) is 3.54. The summed E-state index contributed by atoms with van der Waals surface area (Å²) in [6, 6.07) is 2.59. The van der Waals surface area contributed by atoms with Crippen LogP contribution in [0.3, 0.4) is 0 Å². The summed E-state index contributed by atoms with van der Waals surface area (Å²) < 4.78 is 0. The second-order valence-corrected chi connectivity index (χ2v) is 5.83. The molecule has 0 aliphatic carbocycles. The maximum Gasteiger partial charge on any atom is 0.307 e. The maximum absolute atomic E-state index is 11.1. The van der Waals surface area contributed by atoms with Crippen LogP contribution in [0.15, 0.2) is 11.4 Å². The molecule has 4 heteroatoms. The number of thiophene rings is 1. The molecule has 1 aliphatic heterocycles. The lowest BCUT2D eigenvalue weighted by Crippen LogP contribution is -2.44. The van der Waals surface area contributed by atoms with Gasteiger partial charge >= 0.3 is 5.97 Å². The zero-order chi connectivity index (χ0) is 12.6. The van der Waals surface area contributed by atoms with Gasteiger partial charge in [0.05, 0.1) is 5.92 Å². The molecule has 0 saturated carbocycles. The first-order chi connectivity index (χ1) is 8.02. The second-order valence-electron chi connectivity index (χ2n) is 4.83. The van der Waals surface area contributed by atoms with Crippen LogP contribution in [0.2, 0.25) is 0 Å².